The van der Waals surface area contributed by atoms with Gasteiger partial charge in [-0.05, 0) is 44.0 Å². The molecule has 25 heavy (non-hydrogen) atoms. The summed E-state index contributed by atoms with van der Waals surface area (Å²) in [6.07, 6.45) is 0.616. The van der Waals surface area contributed by atoms with Gasteiger partial charge in [-0.1, -0.05) is 35.9 Å². The smallest absolute Gasteiger partial charge is 0.271 e. The lowest BCUT2D eigenvalue weighted by Gasteiger charge is -2.23. The number of anilines is 2. The van der Waals surface area contributed by atoms with Crippen LogP contribution in [0.4, 0.5) is 11.4 Å². The lowest BCUT2D eigenvalue weighted by molar-refractivity contribution is -0.118. The van der Waals surface area contributed by atoms with Crippen molar-refractivity contribution in [1.29, 1.82) is 0 Å². The first-order valence-corrected chi connectivity index (χ1v) is 8.30. The highest BCUT2D eigenvalue weighted by Gasteiger charge is 2.26. The molecule has 2 amide bonds. The van der Waals surface area contributed by atoms with Gasteiger partial charge in [0.1, 0.15) is 5.71 Å². The number of carbonyl (C=O) groups excluding carboxylic acids is 2. The van der Waals surface area contributed by atoms with Crippen molar-refractivity contribution in [2.45, 2.75) is 33.6 Å². The van der Waals surface area contributed by atoms with Gasteiger partial charge in [0.05, 0.1) is 5.69 Å². The van der Waals surface area contributed by atoms with Crippen LogP contribution in [-0.4, -0.2) is 17.5 Å². The fourth-order valence-corrected chi connectivity index (χ4v) is 3.05. The maximum Gasteiger partial charge on any atom is 0.271 e. The van der Waals surface area contributed by atoms with Crippen molar-refractivity contribution in [3.05, 3.63) is 59.2 Å². The molecule has 0 unspecified atom stereocenters. The van der Waals surface area contributed by atoms with Gasteiger partial charge in [-0.3, -0.25) is 9.59 Å². The van der Waals surface area contributed by atoms with Crippen LogP contribution in [0.3, 0.4) is 0 Å². The zero-order valence-electron chi connectivity index (χ0n) is 14.7. The molecule has 1 N–H and O–H groups in total. The van der Waals surface area contributed by atoms with Gasteiger partial charge in [0, 0.05) is 18.5 Å². The van der Waals surface area contributed by atoms with Crippen LogP contribution in [-0.2, 0) is 9.59 Å². The minimum Gasteiger partial charge on any atom is -0.320 e. The van der Waals surface area contributed by atoms with E-state index in [2.05, 4.69) is 10.4 Å². The molecule has 0 aromatic heterocycles. The lowest BCUT2D eigenvalue weighted by Crippen LogP contribution is -2.36. The predicted octanol–water partition coefficient (Wildman–Crippen LogP) is 3.73. The van der Waals surface area contributed by atoms with Gasteiger partial charge in [0.2, 0.25) is 5.91 Å². The van der Waals surface area contributed by atoms with E-state index in [4.69, 9.17) is 0 Å². The molecule has 0 saturated heterocycles. The minimum atomic E-state index is -0.261. The van der Waals surface area contributed by atoms with Crippen molar-refractivity contribution < 1.29 is 9.59 Å². The number of carbonyl (C=O) groups is 2. The van der Waals surface area contributed by atoms with Crippen molar-refractivity contribution in [2.24, 2.45) is 5.10 Å². The van der Waals surface area contributed by atoms with Gasteiger partial charge in [0.25, 0.3) is 5.91 Å². The van der Waals surface area contributed by atoms with E-state index in [0.29, 0.717) is 17.8 Å². The van der Waals surface area contributed by atoms with Crippen LogP contribution in [0.15, 0.2) is 47.6 Å². The predicted molar refractivity (Wildman–Crippen MR) is 99.9 cm³/mol. The molecule has 128 valence electrons. The van der Waals surface area contributed by atoms with E-state index >= 15 is 0 Å². The number of nitrogens with one attached hydrogen (secondary N) is 1. The molecule has 1 aliphatic rings. The van der Waals surface area contributed by atoms with Crippen LogP contribution in [0.25, 0.3) is 0 Å². The molecule has 1 heterocycles. The van der Waals surface area contributed by atoms with Crippen LogP contribution >= 0.6 is 0 Å². The Bertz CT molecular complexity index is 833. The summed E-state index contributed by atoms with van der Waals surface area (Å²) in [4.78, 5) is 24.8. The lowest BCUT2D eigenvalue weighted by atomic mass is 10.0. The molecule has 1 aliphatic heterocycles. The zero-order chi connectivity index (χ0) is 18.0. The Morgan fingerprint density at radius 1 is 1.04 bits per heavy atom. The molecule has 0 bridgehead atoms. The first kappa shape index (κ1) is 16.9. The number of hydrazone groups is 1. The third kappa shape index (κ3) is 3.60. The maximum absolute atomic E-state index is 12.7. The minimum absolute atomic E-state index is 0.106. The average molecular weight is 335 g/mol. The van der Waals surface area contributed by atoms with E-state index in [1.54, 1.807) is 12.1 Å². The topological polar surface area (TPSA) is 61.8 Å². The molecular weight excluding hydrogens is 314 g/mol. The summed E-state index contributed by atoms with van der Waals surface area (Å²) in [7, 11) is 0. The van der Waals surface area contributed by atoms with Crippen molar-refractivity contribution in [2.75, 3.05) is 10.3 Å². The van der Waals surface area contributed by atoms with Crippen molar-refractivity contribution in [3.8, 4) is 0 Å². The quantitative estimate of drug-likeness (QED) is 0.929. The standard InChI is InChI=1S/C20H21N3O2/c1-13-11-14(2)19(15(3)12-13)21-20(25)17-9-10-18(24)23(22-17)16-7-5-4-6-8-16/h4-8,11-12H,9-10H2,1-3H3,(H,21,25). The number of para-hydroxylation sites is 1. The number of benzene rings is 2. The fourth-order valence-electron chi connectivity index (χ4n) is 3.05. The van der Waals surface area contributed by atoms with Crippen molar-refractivity contribution >= 4 is 28.9 Å². The Balaban J connectivity index is 1.86. The Kier molecular flexibility index (Phi) is 4.65. The average Bonchev–Trinajstić information content (AvgIpc) is 2.59. The first-order valence-electron chi connectivity index (χ1n) is 8.30. The van der Waals surface area contributed by atoms with Crippen LogP contribution < -0.4 is 10.3 Å². The summed E-state index contributed by atoms with van der Waals surface area (Å²) < 4.78 is 0. The van der Waals surface area contributed by atoms with Crippen molar-refractivity contribution in [1.82, 2.24) is 0 Å². The normalized spacial score (nSPS) is 14.3. The number of nitrogens with zero attached hydrogens (tertiary/aromatic N) is 2. The summed E-state index contributed by atoms with van der Waals surface area (Å²) in [5.41, 5.74) is 5.02. The molecule has 0 spiro atoms. The number of amides is 2. The molecule has 0 atom stereocenters. The van der Waals surface area contributed by atoms with E-state index < -0.39 is 0 Å². The van der Waals surface area contributed by atoms with Gasteiger partial charge < -0.3 is 5.32 Å². The molecule has 0 saturated carbocycles. The summed E-state index contributed by atoms with van der Waals surface area (Å²) in [6, 6.07) is 13.2. The highest BCUT2D eigenvalue weighted by atomic mass is 16.2. The molecule has 2 aromatic rings. The molecular formula is C20H21N3O2. The monoisotopic (exact) mass is 335 g/mol. The molecule has 0 aliphatic carbocycles. The van der Waals surface area contributed by atoms with Gasteiger partial charge in [-0.15, -0.1) is 0 Å². The van der Waals surface area contributed by atoms with Crippen LogP contribution in [0, 0.1) is 20.8 Å². The largest absolute Gasteiger partial charge is 0.320 e. The number of rotatable bonds is 3. The van der Waals surface area contributed by atoms with E-state index in [1.165, 1.54) is 5.01 Å². The van der Waals surface area contributed by atoms with Gasteiger partial charge in [0.15, 0.2) is 0 Å². The number of aryl methyl sites for hydroxylation is 3. The summed E-state index contributed by atoms with van der Waals surface area (Å²) >= 11 is 0. The number of hydrogen-bond acceptors (Lipinski definition) is 3. The Hall–Kier alpha value is -2.95. The summed E-state index contributed by atoms with van der Waals surface area (Å²) in [6.45, 7) is 5.97. The third-order valence-electron chi connectivity index (χ3n) is 4.21. The van der Waals surface area contributed by atoms with Crippen LogP contribution in [0.5, 0.6) is 0 Å². The van der Waals surface area contributed by atoms with Gasteiger partial charge in [-0.25, -0.2) is 5.01 Å². The molecule has 0 radical (unpaired) electrons. The van der Waals surface area contributed by atoms with Crippen molar-refractivity contribution in [3.63, 3.8) is 0 Å². The third-order valence-corrected chi connectivity index (χ3v) is 4.21. The second-order valence-electron chi connectivity index (χ2n) is 6.32. The highest BCUT2D eigenvalue weighted by Crippen LogP contribution is 2.23. The maximum atomic E-state index is 12.7. The molecule has 2 aromatic carbocycles. The van der Waals surface area contributed by atoms with Crippen LogP contribution in [0.1, 0.15) is 29.5 Å². The Morgan fingerprint density at radius 2 is 1.68 bits per heavy atom. The van der Waals surface area contributed by atoms with Gasteiger partial charge in [-0.2, -0.15) is 5.10 Å². The molecule has 5 heteroatoms. The molecule has 5 nitrogen and oxygen atoms in total. The Labute approximate surface area is 147 Å². The van der Waals surface area contributed by atoms with E-state index in [0.717, 1.165) is 22.4 Å². The highest BCUT2D eigenvalue weighted by molar-refractivity contribution is 6.44. The summed E-state index contributed by atoms with van der Waals surface area (Å²) in [5, 5.41) is 8.56. The number of hydrogen-bond donors (Lipinski definition) is 1. The van der Waals surface area contributed by atoms with E-state index in [9.17, 15) is 9.59 Å². The zero-order valence-corrected chi connectivity index (χ0v) is 14.7. The van der Waals surface area contributed by atoms with E-state index in [-0.39, 0.29) is 18.2 Å². The first-order chi connectivity index (χ1) is 12.0. The van der Waals surface area contributed by atoms with Gasteiger partial charge >= 0.3 is 0 Å². The summed E-state index contributed by atoms with van der Waals surface area (Å²) in [5.74, 6) is -0.367. The van der Waals surface area contributed by atoms with E-state index in [1.807, 2.05) is 51.1 Å². The molecule has 3 rings (SSSR count). The fraction of sp³-hybridized carbons (Fsp3) is 0.250. The second kappa shape index (κ2) is 6.89. The molecule has 0 fully saturated rings. The van der Waals surface area contributed by atoms with Crippen LogP contribution in [0.2, 0.25) is 0 Å². The second-order valence-corrected chi connectivity index (χ2v) is 6.32. The SMILES string of the molecule is Cc1cc(C)c(NC(=O)C2=NN(c3ccccc3)C(=O)CC2)c(C)c1. The Morgan fingerprint density at radius 3 is 2.32 bits per heavy atom.